The summed E-state index contributed by atoms with van der Waals surface area (Å²) in [4.78, 5) is 0. The quantitative estimate of drug-likeness (QED) is 0.201. The Labute approximate surface area is 222 Å². The molecule has 5 atom stereocenters. The Bertz CT molecular complexity index is 857. The van der Waals surface area contributed by atoms with E-state index in [2.05, 4.69) is 139 Å². The molecule has 2 aromatic rings. The van der Waals surface area contributed by atoms with E-state index in [1.54, 1.807) is 0 Å². The van der Waals surface area contributed by atoms with Gasteiger partial charge in [0.25, 0.3) is 8.32 Å². The van der Waals surface area contributed by atoms with Gasteiger partial charge in [0.2, 0.25) is 0 Å². The molecule has 0 N–H and O–H groups in total. The van der Waals surface area contributed by atoms with Crippen molar-refractivity contribution in [3.05, 3.63) is 60.7 Å². The molecule has 0 bridgehead atoms. The molecule has 188 valence electrons. The van der Waals surface area contributed by atoms with E-state index >= 15 is 0 Å². The highest BCUT2D eigenvalue weighted by atomic mass is 127. The zero-order valence-corrected chi connectivity index (χ0v) is 25.3. The van der Waals surface area contributed by atoms with Crippen LogP contribution in [0.3, 0.4) is 0 Å². The Morgan fingerprint density at radius 3 is 1.74 bits per heavy atom. The van der Waals surface area contributed by atoms with Gasteiger partial charge >= 0.3 is 0 Å². The minimum Gasteiger partial charge on any atom is -0.407 e. The van der Waals surface area contributed by atoms with Gasteiger partial charge in [0.1, 0.15) is 0 Å². The molecule has 0 aliphatic carbocycles. The highest BCUT2D eigenvalue weighted by Crippen LogP contribution is 2.40. The van der Waals surface area contributed by atoms with Gasteiger partial charge in [-0.15, -0.1) is 0 Å². The molecule has 5 heteroatoms. The van der Waals surface area contributed by atoms with Crippen molar-refractivity contribution in [3.63, 3.8) is 0 Å². The summed E-state index contributed by atoms with van der Waals surface area (Å²) >= 11 is 2.47. The Morgan fingerprint density at radius 1 is 0.882 bits per heavy atom. The lowest BCUT2D eigenvalue weighted by Crippen LogP contribution is -2.67. The first-order chi connectivity index (χ1) is 15.9. The molecule has 0 saturated carbocycles. The van der Waals surface area contributed by atoms with Crippen LogP contribution in [-0.4, -0.2) is 37.3 Å². The first kappa shape index (κ1) is 27.8. The van der Waals surface area contributed by atoms with Crippen molar-refractivity contribution in [2.75, 3.05) is 11.0 Å². The van der Waals surface area contributed by atoms with Gasteiger partial charge in [0.15, 0.2) is 5.79 Å². The Kier molecular flexibility index (Phi) is 9.11. The van der Waals surface area contributed by atoms with Gasteiger partial charge < -0.3 is 13.9 Å². The minimum absolute atomic E-state index is 0.0326. The predicted octanol–water partition coefficient (Wildman–Crippen LogP) is 6.43. The molecule has 1 aliphatic heterocycles. The van der Waals surface area contributed by atoms with Crippen LogP contribution in [0.25, 0.3) is 0 Å². The number of benzene rings is 2. The fraction of sp³-hybridized carbons (Fsp3) is 0.586. The highest BCUT2D eigenvalue weighted by molar-refractivity contribution is 14.1. The summed E-state index contributed by atoms with van der Waals surface area (Å²) < 4.78 is 21.3. The van der Waals surface area contributed by atoms with Crippen LogP contribution in [0.5, 0.6) is 0 Å². The van der Waals surface area contributed by atoms with E-state index in [0.29, 0.717) is 18.4 Å². The number of alkyl halides is 1. The summed E-state index contributed by atoms with van der Waals surface area (Å²) in [5.41, 5.74) is 0. The molecule has 3 rings (SSSR count). The van der Waals surface area contributed by atoms with Crippen LogP contribution < -0.4 is 10.4 Å². The molecule has 0 unspecified atom stereocenters. The van der Waals surface area contributed by atoms with Crippen molar-refractivity contribution >= 4 is 41.3 Å². The second-order valence-electron chi connectivity index (χ2n) is 11.5. The van der Waals surface area contributed by atoms with Crippen molar-refractivity contribution in [1.29, 1.82) is 0 Å². The number of hydrogen-bond acceptors (Lipinski definition) is 3. The molecule has 2 aromatic carbocycles. The van der Waals surface area contributed by atoms with Gasteiger partial charge in [-0.2, -0.15) is 0 Å². The van der Waals surface area contributed by atoms with E-state index in [4.69, 9.17) is 13.9 Å². The summed E-state index contributed by atoms with van der Waals surface area (Å²) in [6.45, 7) is 18.6. The van der Waals surface area contributed by atoms with Crippen LogP contribution in [0.4, 0.5) is 0 Å². The highest BCUT2D eigenvalue weighted by Gasteiger charge is 2.51. The standard InChI is InChI=1S/C29H43IO3Si/c1-21(19-30)26-23(3)27(33-29(7,8)32-26)22(2)20-31-34(28(4,5)6,24-15-11-9-12-16-24)25-17-13-10-14-18-25/h9-18,21-23,26-27H,19-20H2,1-8H3/t21-,22-,23+,26-,27+/m0/s1. The van der Waals surface area contributed by atoms with Gasteiger partial charge in [0.05, 0.1) is 12.2 Å². The number of hydrogen-bond donors (Lipinski definition) is 0. The lowest BCUT2D eigenvalue weighted by molar-refractivity contribution is -0.334. The fourth-order valence-electron chi connectivity index (χ4n) is 5.55. The van der Waals surface area contributed by atoms with E-state index in [-0.39, 0.29) is 23.2 Å². The van der Waals surface area contributed by atoms with Crippen LogP contribution >= 0.6 is 22.6 Å². The number of halogens is 1. The zero-order chi connectivity index (χ0) is 25.1. The molecule has 1 saturated heterocycles. The molecule has 0 radical (unpaired) electrons. The smallest absolute Gasteiger partial charge is 0.261 e. The van der Waals surface area contributed by atoms with E-state index in [1.807, 2.05) is 0 Å². The normalized spacial score (nSPS) is 25.0. The second kappa shape index (κ2) is 11.1. The van der Waals surface area contributed by atoms with Gasteiger partial charge in [-0.25, -0.2) is 0 Å². The maximum Gasteiger partial charge on any atom is 0.261 e. The summed E-state index contributed by atoms with van der Waals surface area (Å²) in [6.07, 6.45) is 0.262. The summed E-state index contributed by atoms with van der Waals surface area (Å²) in [6, 6.07) is 21.8. The minimum atomic E-state index is -2.57. The van der Waals surface area contributed by atoms with E-state index in [0.717, 1.165) is 4.43 Å². The van der Waals surface area contributed by atoms with E-state index in [9.17, 15) is 0 Å². The van der Waals surface area contributed by atoms with Crippen molar-refractivity contribution < 1.29 is 13.9 Å². The third-order valence-corrected chi connectivity index (χ3v) is 13.6. The molecule has 0 aromatic heterocycles. The van der Waals surface area contributed by atoms with E-state index in [1.165, 1.54) is 10.4 Å². The lowest BCUT2D eigenvalue weighted by Gasteiger charge is -2.49. The molecule has 3 nitrogen and oxygen atoms in total. The number of ether oxygens (including phenoxy) is 2. The van der Waals surface area contributed by atoms with Crippen LogP contribution in [0.15, 0.2) is 60.7 Å². The molecule has 34 heavy (non-hydrogen) atoms. The van der Waals surface area contributed by atoms with Gasteiger partial charge in [-0.3, -0.25) is 0 Å². The lowest BCUT2D eigenvalue weighted by atomic mass is 9.83. The average Bonchev–Trinajstić information content (AvgIpc) is 2.80. The van der Waals surface area contributed by atoms with Gasteiger partial charge in [0, 0.05) is 22.9 Å². The summed E-state index contributed by atoms with van der Waals surface area (Å²) in [5, 5.41) is 2.60. The van der Waals surface area contributed by atoms with Gasteiger partial charge in [-0.1, -0.05) is 125 Å². The Balaban J connectivity index is 1.95. The average molecular weight is 595 g/mol. The van der Waals surface area contributed by atoms with Gasteiger partial charge in [-0.05, 0) is 35.2 Å². The molecular formula is C29H43IO3Si. The maximum atomic E-state index is 7.24. The van der Waals surface area contributed by atoms with E-state index < -0.39 is 14.1 Å². The molecular weight excluding hydrogens is 551 g/mol. The fourth-order valence-corrected chi connectivity index (χ4v) is 10.7. The molecule has 0 amide bonds. The monoisotopic (exact) mass is 594 g/mol. The summed E-state index contributed by atoms with van der Waals surface area (Å²) in [7, 11) is -2.57. The van der Waals surface area contributed by atoms with Crippen molar-refractivity contribution in [3.8, 4) is 0 Å². The van der Waals surface area contributed by atoms with Crippen LogP contribution in [0.2, 0.25) is 5.04 Å². The zero-order valence-electron chi connectivity index (χ0n) is 22.2. The van der Waals surface area contributed by atoms with Crippen molar-refractivity contribution in [1.82, 2.24) is 0 Å². The largest absolute Gasteiger partial charge is 0.407 e. The summed E-state index contributed by atoms with van der Waals surface area (Å²) in [5.74, 6) is 0.429. The first-order valence-electron chi connectivity index (χ1n) is 12.6. The first-order valence-corrected chi connectivity index (χ1v) is 16.0. The van der Waals surface area contributed by atoms with Crippen LogP contribution in [0.1, 0.15) is 55.4 Å². The molecule has 1 heterocycles. The second-order valence-corrected chi connectivity index (χ2v) is 16.7. The third-order valence-electron chi connectivity index (χ3n) is 7.22. The Hall–Kier alpha value is -0.733. The van der Waals surface area contributed by atoms with Crippen molar-refractivity contribution in [2.45, 2.75) is 78.4 Å². The molecule has 0 spiro atoms. The van der Waals surface area contributed by atoms with Crippen LogP contribution in [-0.2, 0) is 13.9 Å². The maximum absolute atomic E-state index is 7.24. The molecule has 1 fully saturated rings. The molecule has 1 aliphatic rings. The topological polar surface area (TPSA) is 27.7 Å². The van der Waals surface area contributed by atoms with Crippen molar-refractivity contribution in [2.24, 2.45) is 17.8 Å². The SMILES string of the molecule is C[C@@H]1[C@H]([C@@H](C)CI)OC(C)(C)O[C@@H]1[C@@H](C)CO[Si](c1ccccc1)(c1ccccc1)C(C)(C)C. The number of rotatable bonds is 8. The Morgan fingerprint density at radius 2 is 1.32 bits per heavy atom. The predicted molar refractivity (Wildman–Crippen MR) is 154 cm³/mol. The third kappa shape index (κ3) is 5.80. The van der Waals surface area contributed by atoms with Crippen LogP contribution in [0, 0.1) is 17.8 Å².